The number of anilines is 1. The molecule has 0 spiro atoms. The van der Waals surface area contributed by atoms with E-state index in [4.69, 9.17) is 4.74 Å². The minimum atomic E-state index is 0.192. The number of carbonyl (C=O) groups excluding carboxylic acids is 1. The van der Waals surface area contributed by atoms with E-state index >= 15 is 0 Å². The summed E-state index contributed by atoms with van der Waals surface area (Å²) in [4.78, 5) is 16.0. The number of piperazine rings is 1. The summed E-state index contributed by atoms with van der Waals surface area (Å²) in [6.07, 6.45) is 4.76. The predicted molar refractivity (Wildman–Crippen MR) is 103 cm³/mol. The van der Waals surface area contributed by atoms with Crippen LogP contribution in [0.4, 0.5) is 5.69 Å². The molecule has 2 rings (SSSR count). The summed E-state index contributed by atoms with van der Waals surface area (Å²) in [5.41, 5.74) is 1.23. The molecule has 0 aliphatic carbocycles. The average Bonchev–Trinajstić information content (AvgIpc) is 2.62. The zero-order valence-electron chi connectivity index (χ0n) is 16.0. The fourth-order valence-corrected chi connectivity index (χ4v) is 3.38. The van der Waals surface area contributed by atoms with E-state index in [2.05, 4.69) is 36.2 Å². The van der Waals surface area contributed by atoms with Crippen LogP contribution in [-0.2, 0) is 4.79 Å². The van der Waals surface area contributed by atoms with Crippen LogP contribution in [0.3, 0.4) is 0 Å². The van der Waals surface area contributed by atoms with Gasteiger partial charge in [0.1, 0.15) is 5.75 Å². The van der Waals surface area contributed by atoms with Gasteiger partial charge in [-0.1, -0.05) is 26.2 Å². The highest BCUT2D eigenvalue weighted by atomic mass is 16.5. The van der Waals surface area contributed by atoms with Crippen molar-refractivity contribution in [3.8, 4) is 5.75 Å². The maximum absolute atomic E-state index is 12.2. The van der Waals surface area contributed by atoms with Crippen LogP contribution >= 0.6 is 0 Å². The molecule has 5 nitrogen and oxygen atoms in total. The smallest absolute Gasteiger partial charge is 0.275 e. The summed E-state index contributed by atoms with van der Waals surface area (Å²) in [5, 5.41) is 3.15. The summed E-state index contributed by atoms with van der Waals surface area (Å²) in [7, 11) is 1.69. The predicted octanol–water partition coefficient (Wildman–Crippen LogP) is 1.49. The van der Waals surface area contributed by atoms with Gasteiger partial charge in [-0.05, 0) is 37.6 Å². The summed E-state index contributed by atoms with van der Waals surface area (Å²) in [6, 6.07) is 8.51. The zero-order valence-corrected chi connectivity index (χ0v) is 16.0. The molecule has 1 saturated heterocycles. The van der Waals surface area contributed by atoms with E-state index in [1.54, 1.807) is 7.11 Å². The Hall–Kier alpha value is -1.75. The molecule has 0 saturated carbocycles. The Morgan fingerprint density at radius 3 is 2.52 bits per heavy atom. The summed E-state index contributed by atoms with van der Waals surface area (Å²) >= 11 is 0. The first-order chi connectivity index (χ1) is 12.1. The van der Waals surface area contributed by atoms with Gasteiger partial charge in [0.2, 0.25) is 0 Å². The molecule has 1 heterocycles. The van der Waals surface area contributed by atoms with Gasteiger partial charge in [0.15, 0.2) is 6.54 Å². The van der Waals surface area contributed by atoms with Crippen LogP contribution in [0.5, 0.6) is 5.75 Å². The van der Waals surface area contributed by atoms with Gasteiger partial charge < -0.3 is 19.9 Å². The number of benzene rings is 1. The highest BCUT2D eigenvalue weighted by Crippen LogP contribution is 2.18. The molecule has 2 N–H and O–H groups in total. The lowest BCUT2D eigenvalue weighted by Crippen LogP contribution is -3.16. The monoisotopic (exact) mass is 348 g/mol. The van der Waals surface area contributed by atoms with E-state index in [0.29, 0.717) is 12.6 Å². The van der Waals surface area contributed by atoms with Crippen LogP contribution in [0.15, 0.2) is 24.3 Å². The van der Waals surface area contributed by atoms with Gasteiger partial charge in [-0.25, -0.2) is 0 Å². The van der Waals surface area contributed by atoms with Crippen molar-refractivity contribution in [2.75, 3.05) is 44.7 Å². The van der Waals surface area contributed by atoms with Crippen molar-refractivity contribution < 1.29 is 14.4 Å². The van der Waals surface area contributed by atoms with E-state index in [0.717, 1.165) is 38.3 Å². The summed E-state index contributed by atoms with van der Waals surface area (Å²) < 4.78 is 5.21. The van der Waals surface area contributed by atoms with Crippen molar-refractivity contribution in [1.29, 1.82) is 0 Å². The minimum absolute atomic E-state index is 0.192. The normalized spacial score (nSPS) is 16.5. The van der Waals surface area contributed by atoms with Crippen molar-refractivity contribution in [1.82, 2.24) is 5.32 Å². The molecule has 140 valence electrons. The van der Waals surface area contributed by atoms with Crippen molar-refractivity contribution in [2.45, 2.75) is 45.6 Å². The van der Waals surface area contributed by atoms with Crippen LogP contribution < -0.4 is 19.9 Å². The Balaban J connectivity index is 1.69. The van der Waals surface area contributed by atoms with Crippen molar-refractivity contribution in [3.63, 3.8) is 0 Å². The van der Waals surface area contributed by atoms with Gasteiger partial charge >= 0.3 is 0 Å². The molecule has 1 atom stereocenters. The highest BCUT2D eigenvalue weighted by Gasteiger charge is 2.22. The largest absolute Gasteiger partial charge is 0.497 e. The number of quaternary nitrogens is 1. The number of hydrogen-bond donors (Lipinski definition) is 2. The van der Waals surface area contributed by atoms with E-state index in [-0.39, 0.29) is 5.91 Å². The average molecular weight is 349 g/mol. The van der Waals surface area contributed by atoms with Gasteiger partial charge in [0.05, 0.1) is 33.3 Å². The third-order valence-electron chi connectivity index (χ3n) is 4.97. The molecule has 1 aromatic carbocycles. The summed E-state index contributed by atoms with van der Waals surface area (Å²) in [5.74, 6) is 1.08. The Kier molecular flexibility index (Phi) is 8.06. The molecule has 1 aromatic rings. The first kappa shape index (κ1) is 19.6. The van der Waals surface area contributed by atoms with E-state index in [1.807, 2.05) is 12.1 Å². The van der Waals surface area contributed by atoms with E-state index in [1.165, 1.54) is 29.8 Å². The number of nitrogens with one attached hydrogen (secondary N) is 2. The number of methoxy groups -OCH3 is 1. The lowest BCUT2D eigenvalue weighted by Gasteiger charge is -2.33. The quantitative estimate of drug-likeness (QED) is 0.665. The third kappa shape index (κ3) is 6.58. The van der Waals surface area contributed by atoms with Crippen LogP contribution in [-0.4, -0.2) is 51.8 Å². The maximum atomic E-state index is 12.2. The number of carbonyl (C=O) groups is 1. The van der Waals surface area contributed by atoms with Crippen LogP contribution in [0.1, 0.15) is 39.5 Å². The van der Waals surface area contributed by atoms with Crippen molar-refractivity contribution in [3.05, 3.63) is 24.3 Å². The van der Waals surface area contributed by atoms with Gasteiger partial charge in [-0.3, -0.25) is 4.79 Å². The van der Waals surface area contributed by atoms with E-state index < -0.39 is 0 Å². The third-order valence-corrected chi connectivity index (χ3v) is 4.97. The Labute approximate surface area is 152 Å². The Morgan fingerprint density at radius 2 is 1.92 bits per heavy atom. The molecule has 0 bridgehead atoms. The standard InChI is InChI=1S/C20H33N3O2/c1-4-5-6-7-17(2)21-20(24)16-22-12-14-23(15-13-22)18-8-10-19(25-3)11-9-18/h8-11,17H,4-7,12-16H2,1-3H3,(H,21,24)/p+1/t17-/m1/s1. The van der Waals surface area contributed by atoms with Crippen molar-refractivity contribution in [2.24, 2.45) is 0 Å². The van der Waals surface area contributed by atoms with E-state index in [9.17, 15) is 4.79 Å². The Bertz CT molecular complexity index is 510. The molecular weight excluding hydrogens is 314 g/mol. The molecule has 0 radical (unpaired) electrons. The second kappa shape index (κ2) is 10.3. The van der Waals surface area contributed by atoms with Gasteiger partial charge in [0.25, 0.3) is 5.91 Å². The van der Waals surface area contributed by atoms with Crippen LogP contribution in [0, 0.1) is 0 Å². The zero-order chi connectivity index (χ0) is 18.1. The number of nitrogens with zero attached hydrogens (tertiary/aromatic N) is 1. The second-order valence-corrected chi connectivity index (χ2v) is 7.08. The van der Waals surface area contributed by atoms with Gasteiger partial charge in [-0.2, -0.15) is 0 Å². The molecule has 25 heavy (non-hydrogen) atoms. The molecule has 1 amide bonds. The molecule has 5 heteroatoms. The van der Waals surface area contributed by atoms with Crippen LogP contribution in [0.2, 0.25) is 0 Å². The number of rotatable bonds is 9. The first-order valence-corrected chi connectivity index (χ1v) is 9.64. The highest BCUT2D eigenvalue weighted by molar-refractivity contribution is 5.77. The number of ether oxygens (including phenoxy) is 1. The van der Waals surface area contributed by atoms with Gasteiger partial charge in [0, 0.05) is 11.7 Å². The Morgan fingerprint density at radius 1 is 1.24 bits per heavy atom. The first-order valence-electron chi connectivity index (χ1n) is 9.64. The number of unbranched alkanes of at least 4 members (excludes halogenated alkanes) is 2. The molecule has 1 fully saturated rings. The second-order valence-electron chi connectivity index (χ2n) is 7.08. The maximum Gasteiger partial charge on any atom is 0.275 e. The SMILES string of the molecule is CCCCC[C@@H](C)NC(=O)C[NH+]1CCN(c2ccc(OC)cc2)CC1. The topological polar surface area (TPSA) is 46.0 Å². The molecule has 1 aliphatic heterocycles. The lowest BCUT2D eigenvalue weighted by molar-refractivity contribution is -0.892. The molecular formula is C20H34N3O2+. The number of amides is 1. The number of hydrogen-bond acceptors (Lipinski definition) is 3. The fraction of sp³-hybridized carbons (Fsp3) is 0.650. The van der Waals surface area contributed by atoms with Crippen molar-refractivity contribution >= 4 is 11.6 Å². The van der Waals surface area contributed by atoms with Crippen LogP contribution in [0.25, 0.3) is 0 Å². The minimum Gasteiger partial charge on any atom is -0.497 e. The molecule has 0 unspecified atom stereocenters. The molecule has 0 aromatic heterocycles. The summed E-state index contributed by atoms with van der Waals surface area (Å²) in [6.45, 7) is 8.90. The lowest BCUT2D eigenvalue weighted by atomic mass is 10.1. The van der Waals surface area contributed by atoms with Gasteiger partial charge in [-0.15, -0.1) is 0 Å². The molecule has 1 aliphatic rings. The fourth-order valence-electron chi connectivity index (χ4n) is 3.38.